The normalized spacial score (nSPS) is 12.2. The third-order valence-corrected chi connectivity index (χ3v) is 3.04. The largest absolute Gasteiger partial charge is 0.453 e. The average molecular weight is 305 g/mol. The molecule has 2 amide bonds. The lowest BCUT2D eigenvalue weighted by molar-refractivity contribution is -0.118. The number of ether oxygens (including phenoxy) is 1. The van der Waals surface area contributed by atoms with E-state index in [1.165, 1.54) is 13.4 Å². The van der Waals surface area contributed by atoms with Crippen molar-refractivity contribution in [2.75, 3.05) is 12.4 Å². The first kappa shape index (κ1) is 15.7. The number of anilines is 1. The molecule has 0 fully saturated rings. The molecule has 0 aliphatic carbocycles. The van der Waals surface area contributed by atoms with Gasteiger partial charge in [0.15, 0.2) is 5.65 Å². The molecule has 8 nitrogen and oxygen atoms in total. The Kier molecular flexibility index (Phi) is 4.92. The van der Waals surface area contributed by atoms with Crippen LogP contribution in [-0.4, -0.2) is 39.8 Å². The number of methoxy groups -OCH3 is 1. The van der Waals surface area contributed by atoms with Crippen LogP contribution in [-0.2, 0) is 9.53 Å². The number of nitrogens with one attached hydrogen (secondary N) is 2. The summed E-state index contributed by atoms with van der Waals surface area (Å²) in [6, 6.07) is 2.80. The van der Waals surface area contributed by atoms with Crippen molar-refractivity contribution >= 4 is 23.3 Å². The summed E-state index contributed by atoms with van der Waals surface area (Å²) in [6.45, 7) is 3.95. The van der Waals surface area contributed by atoms with E-state index in [9.17, 15) is 9.59 Å². The average Bonchev–Trinajstić information content (AvgIpc) is 2.93. The zero-order valence-corrected chi connectivity index (χ0v) is 12.7. The topological polar surface area (TPSA) is 97.6 Å². The first-order valence-corrected chi connectivity index (χ1v) is 6.94. The van der Waals surface area contributed by atoms with Gasteiger partial charge in [0.2, 0.25) is 5.91 Å². The Labute approximate surface area is 127 Å². The first-order valence-electron chi connectivity index (χ1n) is 6.94. The van der Waals surface area contributed by atoms with Crippen LogP contribution in [0.25, 0.3) is 5.65 Å². The summed E-state index contributed by atoms with van der Waals surface area (Å²) in [5, 5.41) is 9.31. The highest BCUT2D eigenvalue weighted by molar-refractivity contribution is 5.96. The van der Waals surface area contributed by atoms with Crippen LogP contribution in [0.5, 0.6) is 0 Å². The highest BCUT2D eigenvalue weighted by Gasteiger charge is 2.22. The van der Waals surface area contributed by atoms with Crippen LogP contribution in [0.3, 0.4) is 0 Å². The quantitative estimate of drug-likeness (QED) is 0.871. The molecular weight excluding hydrogens is 286 g/mol. The van der Waals surface area contributed by atoms with Gasteiger partial charge in [-0.3, -0.25) is 4.79 Å². The van der Waals surface area contributed by atoms with Crippen LogP contribution in [0, 0.1) is 5.92 Å². The second kappa shape index (κ2) is 6.88. The molecule has 118 valence electrons. The third-order valence-electron chi connectivity index (χ3n) is 3.04. The molecule has 2 N–H and O–H groups in total. The molecule has 0 saturated carbocycles. The molecule has 0 spiro atoms. The van der Waals surface area contributed by atoms with Gasteiger partial charge in [0, 0.05) is 0 Å². The number of fused-ring (bicyclic) bond motifs is 1. The lowest BCUT2D eigenvalue weighted by Gasteiger charge is -2.19. The summed E-state index contributed by atoms with van der Waals surface area (Å²) in [5.41, 5.74) is 1.26. The molecule has 0 radical (unpaired) electrons. The maximum absolute atomic E-state index is 12.3. The molecule has 1 unspecified atom stereocenters. The van der Waals surface area contributed by atoms with Gasteiger partial charge in [-0.05, 0) is 24.5 Å². The Morgan fingerprint density at radius 3 is 2.82 bits per heavy atom. The van der Waals surface area contributed by atoms with Crippen molar-refractivity contribution in [3.63, 3.8) is 0 Å². The maximum atomic E-state index is 12.3. The molecule has 22 heavy (non-hydrogen) atoms. The Hall–Kier alpha value is -2.64. The van der Waals surface area contributed by atoms with Crippen molar-refractivity contribution in [3.8, 4) is 0 Å². The Bertz CT molecular complexity index is 667. The number of carbonyl (C=O) groups is 2. The molecule has 0 bridgehead atoms. The number of aromatic nitrogens is 3. The minimum atomic E-state index is -0.668. The fourth-order valence-electron chi connectivity index (χ4n) is 2.02. The number of rotatable bonds is 5. The van der Waals surface area contributed by atoms with E-state index in [1.54, 1.807) is 22.8 Å². The second-order valence-corrected chi connectivity index (χ2v) is 5.29. The van der Waals surface area contributed by atoms with Gasteiger partial charge in [-0.1, -0.05) is 13.8 Å². The highest BCUT2D eigenvalue weighted by Crippen LogP contribution is 2.11. The van der Waals surface area contributed by atoms with Crippen LogP contribution >= 0.6 is 0 Å². The summed E-state index contributed by atoms with van der Waals surface area (Å²) >= 11 is 0. The van der Waals surface area contributed by atoms with Crippen LogP contribution in [0.1, 0.15) is 20.3 Å². The number of pyridine rings is 1. The van der Waals surface area contributed by atoms with Gasteiger partial charge in [-0.25, -0.2) is 14.3 Å². The number of carbonyl (C=O) groups excluding carboxylic acids is 2. The van der Waals surface area contributed by atoms with Gasteiger partial charge >= 0.3 is 6.09 Å². The minimum Gasteiger partial charge on any atom is -0.453 e. The van der Waals surface area contributed by atoms with E-state index in [0.29, 0.717) is 17.8 Å². The predicted molar refractivity (Wildman–Crippen MR) is 80.4 cm³/mol. The smallest absolute Gasteiger partial charge is 0.407 e. The van der Waals surface area contributed by atoms with Crippen molar-refractivity contribution < 1.29 is 14.3 Å². The monoisotopic (exact) mass is 305 g/mol. The number of nitrogens with zero attached hydrogens (tertiary/aromatic N) is 3. The van der Waals surface area contributed by atoms with E-state index >= 15 is 0 Å². The molecule has 1 atom stereocenters. The highest BCUT2D eigenvalue weighted by atomic mass is 16.5. The molecule has 0 saturated heterocycles. The second-order valence-electron chi connectivity index (χ2n) is 5.29. The van der Waals surface area contributed by atoms with E-state index in [2.05, 4.69) is 25.5 Å². The van der Waals surface area contributed by atoms with Gasteiger partial charge < -0.3 is 15.4 Å². The third kappa shape index (κ3) is 3.94. The lowest BCUT2D eigenvalue weighted by atomic mass is 10.0. The molecule has 2 rings (SSSR count). The van der Waals surface area contributed by atoms with Gasteiger partial charge in [-0.15, -0.1) is 0 Å². The van der Waals surface area contributed by atoms with Crippen LogP contribution in [0.2, 0.25) is 0 Å². The Morgan fingerprint density at radius 1 is 1.36 bits per heavy atom. The number of amides is 2. The molecule has 0 aliphatic heterocycles. The zero-order chi connectivity index (χ0) is 16.1. The Morgan fingerprint density at radius 2 is 2.14 bits per heavy atom. The Balaban J connectivity index is 2.09. The molecule has 8 heteroatoms. The summed E-state index contributed by atoms with van der Waals surface area (Å²) in [4.78, 5) is 27.7. The van der Waals surface area contributed by atoms with E-state index < -0.39 is 12.1 Å². The van der Waals surface area contributed by atoms with Crippen molar-refractivity contribution in [1.29, 1.82) is 0 Å². The van der Waals surface area contributed by atoms with Gasteiger partial charge in [0.05, 0.1) is 19.0 Å². The van der Waals surface area contributed by atoms with Crippen molar-refractivity contribution in [2.45, 2.75) is 26.3 Å². The van der Waals surface area contributed by atoms with Crippen molar-refractivity contribution in [3.05, 3.63) is 24.7 Å². The summed E-state index contributed by atoms with van der Waals surface area (Å²) in [6.07, 6.45) is 2.96. The first-order chi connectivity index (χ1) is 10.5. The fraction of sp³-hybridized carbons (Fsp3) is 0.429. The maximum Gasteiger partial charge on any atom is 0.407 e. The number of hydrogen-bond donors (Lipinski definition) is 2. The summed E-state index contributed by atoms with van der Waals surface area (Å²) in [5.74, 6) is -0.0655. The zero-order valence-electron chi connectivity index (χ0n) is 12.7. The number of hydrogen-bond acceptors (Lipinski definition) is 5. The summed E-state index contributed by atoms with van der Waals surface area (Å²) in [7, 11) is 1.26. The molecule has 2 heterocycles. The van der Waals surface area contributed by atoms with E-state index in [0.717, 1.165) is 0 Å². The van der Waals surface area contributed by atoms with Crippen LogP contribution in [0.15, 0.2) is 24.7 Å². The van der Waals surface area contributed by atoms with Crippen molar-refractivity contribution in [2.24, 2.45) is 5.92 Å². The molecule has 0 aliphatic rings. The van der Waals surface area contributed by atoms with E-state index in [-0.39, 0.29) is 11.8 Å². The minimum absolute atomic E-state index is 0.241. The van der Waals surface area contributed by atoms with Gasteiger partial charge in [0.1, 0.15) is 12.4 Å². The number of alkyl carbamates (subject to hydrolysis) is 1. The lowest BCUT2D eigenvalue weighted by Crippen LogP contribution is -2.44. The van der Waals surface area contributed by atoms with Crippen LogP contribution in [0.4, 0.5) is 10.5 Å². The molecule has 0 aromatic carbocycles. The SMILES string of the molecule is COC(=O)NC(CC(C)C)C(=O)Nc1ccc2ncnn2c1. The van der Waals surface area contributed by atoms with Crippen LogP contribution < -0.4 is 10.6 Å². The standard InChI is InChI=1S/C14H19N5O3/c1-9(2)6-11(18-14(21)22-3)13(20)17-10-4-5-12-15-8-16-19(12)7-10/h4-5,7-9,11H,6H2,1-3H3,(H,17,20)(H,18,21). The van der Waals surface area contributed by atoms with E-state index in [1.807, 2.05) is 13.8 Å². The van der Waals surface area contributed by atoms with Crippen molar-refractivity contribution in [1.82, 2.24) is 19.9 Å². The van der Waals surface area contributed by atoms with Gasteiger partial charge in [0.25, 0.3) is 0 Å². The summed E-state index contributed by atoms with van der Waals surface area (Å²) < 4.78 is 6.11. The molecular formula is C14H19N5O3. The van der Waals surface area contributed by atoms with E-state index in [4.69, 9.17) is 0 Å². The fourth-order valence-corrected chi connectivity index (χ4v) is 2.02. The molecule has 2 aromatic rings. The predicted octanol–water partition coefficient (Wildman–Crippen LogP) is 1.44. The molecule has 2 aromatic heterocycles. The van der Waals surface area contributed by atoms with Gasteiger partial charge in [-0.2, -0.15) is 5.10 Å².